The first-order valence-electron chi connectivity index (χ1n) is 6.52. The quantitative estimate of drug-likeness (QED) is 0.809. The molecule has 0 fully saturated rings. The van der Waals surface area contributed by atoms with E-state index >= 15 is 0 Å². The summed E-state index contributed by atoms with van der Waals surface area (Å²) in [6.07, 6.45) is 3.44. The van der Waals surface area contributed by atoms with E-state index in [9.17, 15) is 4.79 Å². The zero-order chi connectivity index (χ0) is 14.4. The third-order valence-corrected chi connectivity index (χ3v) is 3.38. The van der Waals surface area contributed by atoms with Gasteiger partial charge in [0.15, 0.2) is 0 Å². The Hall–Kier alpha value is -1.96. The number of oxazole rings is 1. The molecule has 0 aliphatic heterocycles. The predicted molar refractivity (Wildman–Crippen MR) is 75.7 cm³/mol. The van der Waals surface area contributed by atoms with Crippen LogP contribution in [0.3, 0.4) is 0 Å². The molecule has 108 valence electrons. The molecule has 0 saturated heterocycles. The van der Waals surface area contributed by atoms with Crippen molar-refractivity contribution >= 4 is 22.4 Å². The lowest BCUT2D eigenvalue weighted by atomic mass is 10.4. The summed E-state index contributed by atoms with van der Waals surface area (Å²) in [6, 6.07) is 0. The Morgan fingerprint density at radius 2 is 2.25 bits per heavy atom. The summed E-state index contributed by atoms with van der Waals surface area (Å²) in [6.45, 7) is 5.10. The maximum Gasteiger partial charge on any atom is 0.282 e. The van der Waals surface area contributed by atoms with Crippen molar-refractivity contribution in [2.45, 2.75) is 33.2 Å². The summed E-state index contributed by atoms with van der Waals surface area (Å²) in [5, 5.41) is 14.5. The van der Waals surface area contributed by atoms with Gasteiger partial charge in [-0.1, -0.05) is 25.2 Å². The van der Waals surface area contributed by atoms with Crippen molar-refractivity contribution in [3.8, 4) is 0 Å². The van der Waals surface area contributed by atoms with Crippen LogP contribution in [0.4, 0.5) is 5.13 Å². The maximum atomic E-state index is 11.9. The van der Waals surface area contributed by atoms with E-state index in [4.69, 9.17) is 4.42 Å². The molecule has 8 heteroatoms. The third-order valence-electron chi connectivity index (χ3n) is 2.50. The Bertz CT molecular complexity index is 566. The second-order valence-corrected chi connectivity index (χ2v) is 5.07. The molecule has 2 aromatic heterocycles. The lowest BCUT2D eigenvalue weighted by Crippen LogP contribution is -2.22. The van der Waals surface area contributed by atoms with Crippen LogP contribution in [0.5, 0.6) is 0 Å². The number of aromatic nitrogens is 3. The fraction of sp³-hybridized carbons (Fsp3) is 0.500. The van der Waals surface area contributed by atoms with Crippen LogP contribution in [0, 0.1) is 0 Å². The van der Waals surface area contributed by atoms with Crippen molar-refractivity contribution in [3.05, 3.63) is 22.9 Å². The number of hydrogen-bond acceptors (Lipinski definition) is 7. The Labute approximate surface area is 120 Å². The molecule has 20 heavy (non-hydrogen) atoms. The first-order valence-corrected chi connectivity index (χ1v) is 7.33. The molecule has 2 rings (SSSR count). The first-order chi connectivity index (χ1) is 9.72. The molecule has 0 atom stereocenters. The summed E-state index contributed by atoms with van der Waals surface area (Å²) in [5.41, 5.74) is 0. The molecule has 0 spiro atoms. The van der Waals surface area contributed by atoms with Gasteiger partial charge in [-0.15, -0.1) is 10.2 Å². The molecule has 0 aromatic carbocycles. The van der Waals surface area contributed by atoms with Crippen molar-refractivity contribution < 1.29 is 9.21 Å². The topological polar surface area (TPSA) is 92.9 Å². The van der Waals surface area contributed by atoms with Gasteiger partial charge in [0.1, 0.15) is 5.76 Å². The van der Waals surface area contributed by atoms with Gasteiger partial charge in [-0.25, -0.2) is 4.98 Å². The average Bonchev–Trinajstić information content (AvgIpc) is 3.11. The van der Waals surface area contributed by atoms with Crippen molar-refractivity contribution in [1.82, 2.24) is 20.5 Å². The van der Waals surface area contributed by atoms with E-state index in [2.05, 4.69) is 32.7 Å². The van der Waals surface area contributed by atoms with E-state index < -0.39 is 0 Å². The summed E-state index contributed by atoms with van der Waals surface area (Å²) < 4.78 is 5.41. The minimum atomic E-state index is -0.275. The normalized spacial score (nSPS) is 10.5. The zero-order valence-electron chi connectivity index (χ0n) is 11.5. The number of anilines is 1. The summed E-state index contributed by atoms with van der Waals surface area (Å²) >= 11 is 1.23. The lowest BCUT2D eigenvalue weighted by Gasteiger charge is -1.98. The van der Waals surface area contributed by atoms with Crippen LogP contribution < -0.4 is 10.6 Å². The highest BCUT2D eigenvalue weighted by Gasteiger charge is 2.13. The van der Waals surface area contributed by atoms with Crippen LogP contribution in [0.15, 0.2) is 10.6 Å². The first kappa shape index (κ1) is 14.4. The number of amides is 1. The predicted octanol–water partition coefficient (Wildman–Crippen LogP) is 1.84. The van der Waals surface area contributed by atoms with Gasteiger partial charge < -0.3 is 15.1 Å². The maximum absolute atomic E-state index is 11.9. The average molecular weight is 295 g/mol. The van der Waals surface area contributed by atoms with E-state index in [1.165, 1.54) is 11.3 Å². The van der Waals surface area contributed by atoms with Crippen molar-refractivity contribution in [2.24, 2.45) is 0 Å². The van der Waals surface area contributed by atoms with Gasteiger partial charge >= 0.3 is 0 Å². The van der Waals surface area contributed by atoms with Crippen LogP contribution in [-0.2, 0) is 13.0 Å². The van der Waals surface area contributed by atoms with E-state index in [0.717, 1.165) is 25.1 Å². The number of aryl methyl sites for hydroxylation is 1. The fourth-order valence-corrected chi connectivity index (χ4v) is 2.13. The molecule has 2 heterocycles. The van der Waals surface area contributed by atoms with E-state index in [0.29, 0.717) is 16.0 Å². The second-order valence-electron chi connectivity index (χ2n) is 4.10. The van der Waals surface area contributed by atoms with E-state index in [-0.39, 0.29) is 12.5 Å². The van der Waals surface area contributed by atoms with Crippen LogP contribution in [0.1, 0.15) is 41.7 Å². The Morgan fingerprint density at radius 1 is 1.40 bits per heavy atom. The standard InChI is InChI=1S/C12H17N5O2S/c1-3-5-13-12-17-16-11(20-12)10(18)15-7-9-14-6-8(4-2)19-9/h6H,3-5,7H2,1-2H3,(H,13,17)(H,15,18). The molecule has 1 amide bonds. The number of hydrogen-bond donors (Lipinski definition) is 2. The molecule has 0 unspecified atom stereocenters. The monoisotopic (exact) mass is 295 g/mol. The highest BCUT2D eigenvalue weighted by Crippen LogP contribution is 2.15. The molecule has 0 radical (unpaired) electrons. The second kappa shape index (κ2) is 6.99. The Balaban J connectivity index is 1.86. The van der Waals surface area contributed by atoms with Gasteiger partial charge in [0, 0.05) is 13.0 Å². The highest BCUT2D eigenvalue weighted by atomic mass is 32.1. The molecular weight excluding hydrogens is 278 g/mol. The molecule has 2 aromatic rings. The van der Waals surface area contributed by atoms with Crippen LogP contribution in [0.25, 0.3) is 0 Å². The minimum Gasteiger partial charge on any atom is -0.444 e. The Kier molecular flexibility index (Phi) is 5.05. The van der Waals surface area contributed by atoms with E-state index in [1.54, 1.807) is 6.20 Å². The van der Waals surface area contributed by atoms with Gasteiger partial charge in [-0.2, -0.15) is 0 Å². The minimum absolute atomic E-state index is 0.246. The fourth-order valence-electron chi connectivity index (χ4n) is 1.44. The van der Waals surface area contributed by atoms with Gasteiger partial charge in [0.2, 0.25) is 16.0 Å². The van der Waals surface area contributed by atoms with Crippen LogP contribution in [-0.4, -0.2) is 27.6 Å². The zero-order valence-corrected chi connectivity index (χ0v) is 12.3. The van der Waals surface area contributed by atoms with Gasteiger partial charge in [0.25, 0.3) is 5.91 Å². The molecule has 7 nitrogen and oxygen atoms in total. The van der Waals surface area contributed by atoms with Crippen molar-refractivity contribution in [2.75, 3.05) is 11.9 Å². The van der Waals surface area contributed by atoms with Crippen LogP contribution >= 0.6 is 11.3 Å². The van der Waals surface area contributed by atoms with E-state index in [1.807, 2.05) is 6.92 Å². The van der Waals surface area contributed by atoms with Gasteiger partial charge in [-0.3, -0.25) is 4.79 Å². The SMILES string of the molecule is CCCNc1nnc(C(=O)NCc2ncc(CC)o2)s1. The number of carbonyl (C=O) groups is 1. The summed E-state index contributed by atoms with van der Waals surface area (Å²) in [7, 11) is 0. The molecule has 0 aliphatic rings. The molecule has 2 N–H and O–H groups in total. The highest BCUT2D eigenvalue weighted by molar-refractivity contribution is 7.17. The van der Waals surface area contributed by atoms with Crippen molar-refractivity contribution in [3.63, 3.8) is 0 Å². The Morgan fingerprint density at radius 3 is 2.95 bits per heavy atom. The molecular formula is C12H17N5O2S. The van der Waals surface area contributed by atoms with Crippen molar-refractivity contribution in [1.29, 1.82) is 0 Å². The molecule has 0 aliphatic carbocycles. The largest absolute Gasteiger partial charge is 0.444 e. The van der Waals surface area contributed by atoms with Gasteiger partial charge in [0.05, 0.1) is 12.7 Å². The van der Waals surface area contributed by atoms with Gasteiger partial charge in [-0.05, 0) is 6.42 Å². The summed E-state index contributed by atoms with van der Waals surface area (Å²) in [5.74, 6) is 1.02. The summed E-state index contributed by atoms with van der Waals surface area (Å²) in [4.78, 5) is 16.0. The molecule has 0 bridgehead atoms. The number of carbonyl (C=O) groups excluding carboxylic acids is 1. The van der Waals surface area contributed by atoms with Crippen LogP contribution in [0.2, 0.25) is 0 Å². The number of nitrogens with zero attached hydrogens (tertiary/aromatic N) is 3. The number of rotatable bonds is 7. The third kappa shape index (κ3) is 3.77. The smallest absolute Gasteiger partial charge is 0.282 e. The molecule has 0 saturated carbocycles. The number of nitrogens with one attached hydrogen (secondary N) is 2. The lowest BCUT2D eigenvalue weighted by molar-refractivity contribution is 0.0946.